The lowest BCUT2D eigenvalue weighted by atomic mass is 10.2. The van der Waals surface area contributed by atoms with Crippen LogP contribution in [-0.4, -0.2) is 57.1 Å². The van der Waals surface area contributed by atoms with Gasteiger partial charge in [0.25, 0.3) is 5.91 Å². The van der Waals surface area contributed by atoms with Crippen LogP contribution < -0.4 is 16.4 Å². The van der Waals surface area contributed by atoms with Gasteiger partial charge in [0, 0.05) is 19.6 Å². The zero-order chi connectivity index (χ0) is 15.6. The smallest absolute Gasteiger partial charge is 0.343 e. The van der Waals surface area contributed by atoms with E-state index in [4.69, 9.17) is 16.2 Å². The average Bonchev–Trinajstić information content (AvgIpc) is 2.64. The molecule has 1 fully saturated rings. The number of primary amides is 1. The Labute approximate surface area is 127 Å². The molecule has 1 aromatic rings. The summed E-state index contributed by atoms with van der Waals surface area (Å²) in [5.74, 6) is -1.16. The lowest BCUT2D eigenvalue weighted by molar-refractivity contribution is 0.0603. The van der Waals surface area contributed by atoms with E-state index in [1.54, 1.807) is 0 Å². The van der Waals surface area contributed by atoms with Gasteiger partial charge in [0.15, 0.2) is 0 Å². The summed E-state index contributed by atoms with van der Waals surface area (Å²) in [7, 11) is 3.35. The molecule has 0 saturated carbocycles. The fourth-order valence-corrected chi connectivity index (χ4v) is 3.50. The van der Waals surface area contributed by atoms with Crippen LogP contribution in [0.4, 0.5) is 10.7 Å². The van der Waals surface area contributed by atoms with E-state index in [1.165, 1.54) is 7.11 Å². The maximum atomic E-state index is 12.0. The molecule has 0 radical (unpaired) electrons. The van der Waals surface area contributed by atoms with Gasteiger partial charge >= 0.3 is 5.97 Å². The van der Waals surface area contributed by atoms with Crippen LogP contribution in [-0.2, 0) is 4.74 Å². The number of anilines is 2. The van der Waals surface area contributed by atoms with Gasteiger partial charge in [-0.1, -0.05) is 0 Å². The molecule has 1 amide bonds. The second-order valence-corrected chi connectivity index (χ2v) is 6.02. The molecule has 0 spiro atoms. The molecule has 4 N–H and O–H groups in total. The Morgan fingerprint density at radius 2 is 1.95 bits per heavy atom. The predicted molar refractivity (Wildman–Crippen MR) is 82.9 cm³/mol. The van der Waals surface area contributed by atoms with E-state index < -0.39 is 11.9 Å². The molecule has 1 aliphatic heterocycles. The maximum Gasteiger partial charge on any atom is 0.343 e. The van der Waals surface area contributed by atoms with E-state index in [0.717, 1.165) is 43.9 Å². The fourth-order valence-electron chi connectivity index (χ4n) is 2.39. The fraction of sp³-hybridized carbons (Fsp3) is 0.538. The minimum atomic E-state index is -0.624. The molecule has 2 rings (SSSR count). The van der Waals surface area contributed by atoms with Crippen molar-refractivity contribution in [3.63, 3.8) is 0 Å². The number of nitrogens with zero attached hydrogens (tertiary/aromatic N) is 2. The Morgan fingerprint density at radius 1 is 1.24 bits per heavy atom. The van der Waals surface area contributed by atoms with Gasteiger partial charge in [0.2, 0.25) is 0 Å². The van der Waals surface area contributed by atoms with Crippen LogP contribution in [0.5, 0.6) is 0 Å². The molecular weight excluding hydrogens is 292 g/mol. The van der Waals surface area contributed by atoms with E-state index in [1.807, 2.05) is 0 Å². The van der Waals surface area contributed by atoms with Crippen molar-refractivity contribution in [2.75, 3.05) is 51.0 Å². The Balaban J connectivity index is 2.43. The van der Waals surface area contributed by atoms with E-state index in [2.05, 4.69) is 16.8 Å². The molecule has 8 heteroatoms. The quantitative estimate of drug-likeness (QED) is 0.781. The van der Waals surface area contributed by atoms with Crippen molar-refractivity contribution in [1.82, 2.24) is 4.90 Å². The van der Waals surface area contributed by atoms with Gasteiger partial charge in [-0.15, -0.1) is 11.3 Å². The number of nitrogens with two attached hydrogens (primary N) is 2. The Hall–Kier alpha value is -1.80. The molecular formula is C13H20N4O3S. The van der Waals surface area contributed by atoms with Crippen molar-refractivity contribution in [2.24, 2.45) is 5.73 Å². The number of thiophene rings is 1. The number of esters is 1. The minimum Gasteiger partial charge on any atom is -0.465 e. The number of hydrogen-bond acceptors (Lipinski definition) is 7. The number of amides is 1. The van der Waals surface area contributed by atoms with Crippen LogP contribution in [0.2, 0.25) is 0 Å². The van der Waals surface area contributed by atoms with Gasteiger partial charge in [-0.2, -0.15) is 0 Å². The first-order chi connectivity index (χ1) is 9.95. The topological polar surface area (TPSA) is 102 Å². The molecule has 1 aliphatic rings. The number of hydrogen-bond donors (Lipinski definition) is 2. The summed E-state index contributed by atoms with van der Waals surface area (Å²) in [5, 5.41) is 0.670. The first-order valence-corrected chi connectivity index (χ1v) is 7.51. The van der Waals surface area contributed by atoms with Gasteiger partial charge in [-0.25, -0.2) is 4.79 Å². The van der Waals surface area contributed by atoms with E-state index in [0.29, 0.717) is 5.00 Å². The second-order valence-electron chi connectivity index (χ2n) is 5.02. The van der Waals surface area contributed by atoms with E-state index in [9.17, 15) is 9.59 Å². The third-order valence-electron chi connectivity index (χ3n) is 3.55. The molecule has 116 valence electrons. The zero-order valence-electron chi connectivity index (χ0n) is 12.2. The minimum absolute atomic E-state index is 0.118. The highest BCUT2D eigenvalue weighted by molar-refractivity contribution is 7.19. The monoisotopic (exact) mass is 312 g/mol. The number of methoxy groups -OCH3 is 1. The molecule has 0 unspecified atom stereocenters. The highest BCUT2D eigenvalue weighted by atomic mass is 32.1. The zero-order valence-corrected chi connectivity index (χ0v) is 13.0. The molecule has 0 aliphatic carbocycles. The van der Waals surface area contributed by atoms with Gasteiger partial charge in [0.1, 0.15) is 15.4 Å². The standard InChI is InChI=1S/C13H20N4O3S/c1-16-4-3-5-17(7-6-16)12-8(13(19)20-2)9(14)10(21-12)11(15)18/h3-7,14H2,1-2H3,(H2,15,18). The van der Waals surface area contributed by atoms with Crippen molar-refractivity contribution < 1.29 is 14.3 Å². The van der Waals surface area contributed by atoms with Gasteiger partial charge in [-0.3, -0.25) is 4.79 Å². The molecule has 7 nitrogen and oxygen atoms in total. The Morgan fingerprint density at radius 3 is 2.57 bits per heavy atom. The summed E-state index contributed by atoms with van der Waals surface area (Å²) >= 11 is 1.16. The molecule has 0 bridgehead atoms. The van der Waals surface area contributed by atoms with Crippen LogP contribution >= 0.6 is 11.3 Å². The van der Waals surface area contributed by atoms with Crippen LogP contribution in [0, 0.1) is 0 Å². The van der Waals surface area contributed by atoms with Crippen molar-refractivity contribution in [2.45, 2.75) is 6.42 Å². The molecule has 1 aromatic heterocycles. The summed E-state index contributed by atoms with van der Waals surface area (Å²) in [5.41, 5.74) is 11.6. The third-order valence-corrected chi connectivity index (χ3v) is 4.83. The molecule has 0 aromatic carbocycles. The first-order valence-electron chi connectivity index (χ1n) is 6.69. The van der Waals surface area contributed by atoms with Gasteiger partial charge in [-0.05, 0) is 20.0 Å². The predicted octanol–water partition coefficient (Wildman–Crippen LogP) is 0.358. The molecule has 2 heterocycles. The number of nitrogen functional groups attached to an aromatic ring is 1. The lowest BCUT2D eigenvalue weighted by Gasteiger charge is -2.22. The summed E-state index contributed by atoms with van der Waals surface area (Å²) in [6.45, 7) is 3.43. The summed E-state index contributed by atoms with van der Waals surface area (Å²) in [6, 6.07) is 0. The van der Waals surface area contributed by atoms with Crippen LogP contribution in [0.1, 0.15) is 26.5 Å². The number of likely N-dealkylation sites (N-methyl/N-ethyl adjacent to an activating group) is 1. The van der Waals surface area contributed by atoms with Crippen LogP contribution in [0.15, 0.2) is 0 Å². The highest BCUT2D eigenvalue weighted by Crippen LogP contribution is 2.38. The van der Waals surface area contributed by atoms with Crippen molar-refractivity contribution in [3.05, 3.63) is 10.4 Å². The van der Waals surface area contributed by atoms with Gasteiger partial charge < -0.3 is 26.0 Å². The Kier molecular flexibility index (Phi) is 4.69. The van der Waals surface area contributed by atoms with Crippen molar-refractivity contribution in [1.29, 1.82) is 0 Å². The second kappa shape index (κ2) is 6.31. The Bertz CT molecular complexity index is 558. The molecule has 0 atom stereocenters. The first kappa shape index (κ1) is 15.6. The van der Waals surface area contributed by atoms with E-state index in [-0.39, 0.29) is 16.1 Å². The largest absolute Gasteiger partial charge is 0.465 e. The van der Waals surface area contributed by atoms with Crippen LogP contribution in [0.3, 0.4) is 0 Å². The highest BCUT2D eigenvalue weighted by Gasteiger charge is 2.28. The number of carbonyl (C=O) groups excluding carboxylic acids is 2. The summed E-state index contributed by atoms with van der Waals surface area (Å²) < 4.78 is 4.79. The number of rotatable bonds is 3. The lowest BCUT2D eigenvalue weighted by Crippen LogP contribution is -2.29. The van der Waals surface area contributed by atoms with Gasteiger partial charge in [0.05, 0.1) is 12.8 Å². The SMILES string of the molecule is COC(=O)c1c(N2CCCN(C)CC2)sc(C(N)=O)c1N. The summed E-state index contributed by atoms with van der Waals surface area (Å²) in [4.78, 5) is 28.0. The number of carbonyl (C=O) groups is 2. The summed E-state index contributed by atoms with van der Waals surface area (Å²) in [6.07, 6.45) is 0.973. The molecule has 21 heavy (non-hydrogen) atoms. The average molecular weight is 312 g/mol. The van der Waals surface area contributed by atoms with Crippen molar-refractivity contribution >= 4 is 33.9 Å². The van der Waals surface area contributed by atoms with E-state index >= 15 is 0 Å². The van der Waals surface area contributed by atoms with Crippen LogP contribution in [0.25, 0.3) is 0 Å². The maximum absolute atomic E-state index is 12.0. The normalized spacial score (nSPS) is 16.6. The molecule has 1 saturated heterocycles. The van der Waals surface area contributed by atoms with Crippen molar-refractivity contribution in [3.8, 4) is 0 Å². The number of ether oxygens (including phenoxy) is 1. The third kappa shape index (κ3) is 3.11.